The third kappa shape index (κ3) is 2.27. The Labute approximate surface area is 126 Å². The smallest absolute Gasteiger partial charge is 0.126 e. The van der Waals surface area contributed by atoms with Gasteiger partial charge in [0.2, 0.25) is 0 Å². The first-order valence-corrected chi connectivity index (χ1v) is 7.65. The fourth-order valence-electron chi connectivity index (χ4n) is 3.50. The van der Waals surface area contributed by atoms with Gasteiger partial charge in [0.1, 0.15) is 5.82 Å². The molecule has 21 heavy (non-hydrogen) atoms. The molecular formula is C17H25N3O. The van der Waals surface area contributed by atoms with Crippen LogP contribution in [0.15, 0.2) is 24.3 Å². The van der Waals surface area contributed by atoms with Gasteiger partial charge in [-0.05, 0) is 25.5 Å². The van der Waals surface area contributed by atoms with Crippen LogP contribution in [0.4, 0.5) is 0 Å². The highest BCUT2D eigenvalue weighted by atomic mass is 16.5. The maximum atomic E-state index is 5.53. The Bertz CT molecular complexity index is 647. The molecule has 1 aliphatic rings. The summed E-state index contributed by atoms with van der Waals surface area (Å²) in [6.07, 6.45) is 1.42. The van der Waals surface area contributed by atoms with E-state index in [4.69, 9.17) is 9.72 Å². The molecule has 1 saturated carbocycles. The summed E-state index contributed by atoms with van der Waals surface area (Å²) in [6, 6.07) is 8.98. The summed E-state index contributed by atoms with van der Waals surface area (Å²) in [4.78, 5) is 4.78. The van der Waals surface area contributed by atoms with Crippen molar-refractivity contribution in [3.63, 3.8) is 0 Å². The second-order valence-electron chi connectivity index (χ2n) is 6.74. The normalized spacial score (nSPS) is 25.8. The van der Waals surface area contributed by atoms with Crippen LogP contribution in [0.1, 0.15) is 39.1 Å². The molecule has 0 spiro atoms. The van der Waals surface area contributed by atoms with Crippen molar-refractivity contribution in [2.45, 2.75) is 45.4 Å². The second kappa shape index (κ2) is 5.11. The zero-order valence-electron chi connectivity index (χ0n) is 13.6. The molecule has 0 saturated heterocycles. The van der Waals surface area contributed by atoms with Crippen molar-refractivity contribution in [2.24, 2.45) is 12.5 Å². The molecule has 1 aromatic heterocycles. The first-order valence-electron chi connectivity index (χ1n) is 7.65. The predicted octanol–water partition coefficient (Wildman–Crippen LogP) is 3.04. The maximum absolute atomic E-state index is 5.53. The number of imidazole rings is 1. The SMILES string of the molecule is COC1CC(NC(C)c2nc3ccccc3n2C)C1(C)C. The van der Waals surface area contributed by atoms with Crippen molar-refractivity contribution in [1.82, 2.24) is 14.9 Å². The second-order valence-corrected chi connectivity index (χ2v) is 6.74. The zero-order chi connectivity index (χ0) is 15.2. The molecule has 1 N–H and O–H groups in total. The third-order valence-corrected chi connectivity index (χ3v) is 5.12. The summed E-state index contributed by atoms with van der Waals surface area (Å²) in [5.41, 5.74) is 2.42. The molecule has 3 unspecified atom stereocenters. The number of benzene rings is 1. The van der Waals surface area contributed by atoms with E-state index >= 15 is 0 Å². The van der Waals surface area contributed by atoms with Gasteiger partial charge in [-0.3, -0.25) is 0 Å². The molecule has 3 atom stereocenters. The topological polar surface area (TPSA) is 39.1 Å². The van der Waals surface area contributed by atoms with E-state index in [9.17, 15) is 0 Å². The van der Waals surface area contributed by atoms with Gasteiger partial charge < -0.3 is 14.6 Å². The van der Waals surface area contributed by atoms with Crippen LogP contribution >= 0.6 is 0 Å². The minimum atomic E-state index is 0.174. The average Bonchev–Trinajstić information content (AvgIpc) is 2.80. The molecule has 1 aliphatic carbocycles. The van der Waals surface area contributed by atoms with E-state index < -0.39 is 0 Å². The number of nitrogens with one attached hydrogen (secondary N) is 1. The van der Waals surface area contributed by atoms with Gasteiger partial charge in [-0.15, -0.1) is 0 Å². The Morgan fingerprint density at radius 1 is 1.38 bits per heavy atom. The lowest BCUT2D eigenvalue weighted by Gasteiger charge is -2.52. The molecule has 4 heteroatoms. The highest BCUT2D eigenvalue weighted by Gasteiger charge is 2.48. The van der Waals surface area contributed by atoms with Crippen LogP contribution in [0.25, 0.3) is 11.0 Å². The lowest BCUT2D eigenvalue weighted by Crippen LogP contribution is -2.61. The van der Waals surface area contributed by atoms with Crippen LogP contribution in [0, 0.1) is 5.41 Å². The summed E-state index contributed by atoms with van der Waals surface area (Å²) in [5.74, 6) is 1.09. The Morgan fingerprint density at radius 2 is 2.10 bits per heavy atom. The molecule has 0 aliphatic heterocycles. The van der Waals surface area contributed by atoms with E-state index in [1.807, 2.05) is 6.07 Å². The molecule has 0 amide bonds. The minimum absolute atomic E-state index is 0.174. The highest BCUT2D eigenvalue weighted by Crippen LogP contribution is 2.43. The van der Waals surface area contributed by atoms with E-state index in [2.05, 4.69) is 55.9 Å². The lowest BCUT2D eigenvalue weighted by atomic mass is 9.64. The molecule has 3 rings (SSSR count). The van der Waals surface area contributed by atoms with Crippen molar-refractivity contribution in [1.29, 1.82) is 0 Å². The van der Waals surface area contributed by atoms with Crippen molar-refractivity contribution in [2.75, 3.05) is 7.11 Å². The molecule has 0 radical (unpaired) electrons. The van der Waals surface area contributed by atoms with Gasteiger partial charge in [-0.25, -0.2) is 4.98 Å². The zero-order valence-corrected chi connectivity index (χ0v) is 13.6. The molecule has 4 nitrogen and oxygen atoms in total. The number of ether oxygens (including phenoxy) is 1. The van der Waals surface area contributed by atoms with Gasteiger partial charge in [0, 0.05) is 25.6 Å². The van der Waals surface area contributed by atoms with E-state index in [-0.39, 0.29) is 11.5 Å². The number of fused-ring (bicyclic) bond motifs is 1. The molecule has 0 bridgehead atoms. The average molecular weight is 287 g/mol. The summed E-state index contributed by atoms with van der Waals surface area (Å²) < 4.78 is 7.72. The number of hydrogen-bond donors (Lipinski definition) is 1. The quantitative estimate of drug-likeness (QED) is 0.939. The number of nitrogens with zero attached hydrogens (tertiary/aromatic N) is 2. The highest BCUT2D eigenvalue weighted by molar-refractivity contribution is 5.75. The molecular weight excluding hydrogens is 262 g/mol. The van der Waals surface area contributed by atoms with E-state index in [0.29, 0.717) is 12.1 Å². The monoisotopic (exact) mass is 287 g/mol. The van der Waals surface area contributed by atoms with E-state index in [0.717, 1.165) is 17.8 Å². The van der Waals surface area contributed by atoms with Crippen LogP contribution in [-0.2, 0) is 11.8 Å². The summed E-state index contributed by atoms with van der Waals surface area (Å²) in [7, 11) is 3.89. The number of para-hydroxylation sites is 2. The number of aryl methyl sites for hydroxylation is 1. The summed E-state index contributed by atoms with van der Waals surface area (Å²) in [6.45, 7) is 6.73. The number of methoxy groups -OCH3 is 1. The maximum Gasteiger partial charge on any atom is 0.126 e. The molecule has 1 fully saturated rings. The van der Waals surface area contributed by atoms with Crippen molar-refractivity contribution in [3.05, 3.63) is 30.1 Å². The third-order valence-electron chi connectivity index (χ3n) is 5.12. The summed E-state index contributed by atoms with van der Waals surface area (Å²) in [5, 5.41) is 3.73. The Morgan fingerprint density at radius 3 is 2.71 bits per heavy atom. The number of aromatic nitrogens is 2. The van der Waals surface area contributed by atoms with Crippen LogP contribution in [0.2, 0.25) is 0 Å². The van der Waals surface area contributed by atoms with Crippen molar-refractivity contribution < 1.29 is 4.74 Å². The summed E-state index contributed by atoms with van der Waals surface area (Å²) >= 11 is 0. The first-order chi connectivity index (χ1) is 9.95. The Kier molecular flexibility index (Phi) is 3.54. The van der Waals surface area contributed by atoms with E-state index in [1.54, 1.807) is 7.11 Å². The van der Waals surface area contributed by atoms with Gasteiger partial charge in [0.05, 0.1) is 23.2 Å². The Balaban J connectivity index is 1.79. The van der Waals surface area contributed by atoms with Crippen molar-refractivity contribution >= 4 is 11.0 Å². The van der Waals surface area contributed by atoms with Crippen LogP contribution in [0.5, 0.6) is 0 Å². The van der Waals surface area contributed by atoms with Crippen molar-refractivity contribution in [3.8, 4) is 0 Å². The Hall–Kier alpha value is -1.39. The minimum Gasteiger partial charge on any atom is -0.381 e. The van der Waals surface area contributed by atoms with Gasteiger partial charge in [-0.2, -0.15) is 0 Å². The van der Waals surface area contributed by atoms with Crippen LogP contribution < -0.4 is 5.32 Å². The predicted molar refractivity (Wildman–Crippen MR) is 85.2 cm³/mol. The van der Waals surface area contributed by atoms with Crippen LogP contribution in [0.3, 0.4) is 0 Å². The van der Waals surface area contributed by atoms with Gasteiger partial charge >= 0.3 is 0 Å². The standard InChI is InChI=1S/C17H25N3O/c1-11(18-14-10-15(21-5)17(14,2)3)16-19-12-8-6-7-9-13(12)20(16)4/h6-9,11,14-15,18H,10H2,1-5H3. The first kappa shape index (κ1) is 14.5. The van der Waals surface area contributed by atoms with Crippen LogP contribution in [-0.4, -0.2) is 28.8 Å². The fraction of sp³-hybridized carbons (Fsp3) is 0.588. The fourth-order valence-corrected chi connectivity index (χ4v) is 3.50. The molecule has 1 heterocycles. The van der Waals surface area contributed by atoms with Gasteiger partial charge in [0.25, 0.3) is 0 Å². The van der Waals surface area contributed by atoms with Gasteiger partial charge in [0.15, 0.2) is 0 Å². The molecule has 2 aromatic rings. The van der Waals surface area contributed by atoms with E-state index in [1.165, 1.54) is 5.52 Å². The largest absolute Gasteiger partial charge is 0.381 e. The number of rotatable bonds is 4. The molecule has 1 aromatic carbocycles. The van der Waals surface area contributed by atoms with Gasteiger partial charge in [-0.1, -0.05) is 26.0 Å². The lowest BCUT2D eigenvalue weighted by molar-refractivity contribution is -0.100. The molecule has 114 valence electrons. The number of hydrogen-bond acceptors (Lipinski definition) is 3.